The molecule has 33 heavy (non-hydrogen) atoms. The first-order valence-electron chi connectivity index (χ1n) is 10.1. The van der Waals surface area contributed by atoms with Crippen molar-refractivity contribution in [3.8, 4) is 0 Å². The Bertz CT molecular complexity index is 1210. The summed E-state index contributed by atoms with van der Waals surface area (Å²) in [4.78, 5) is 22.9. The van der Waals surface area contributed by atoms with Gasteiger partial charge in [-0.1, -0.05) is 48.5 Å². The molecule has 0 saturated carbocycles. The third-order valence-electron chi connectivity index (χ3n) is 4.69. The number of carbonyl (C=O) groups excluding carboxylic acids is 2. The van der Waals surface area contributed by atoms with Crippen molar-refractivity contribution in [2.45, 2.75) is 29.6 Å². The standard InChI is InChI=1S/C15H14O3S2.C10H11FOS/c16-13(11-19)10-12-6-4-5-9-15(12)20(17,18)14-7-2-1-3-8-14;1-7-2-3-8(5-10(7)11)4-9(12)6-13/h1-9,19H,10-11H2;2-3,5,13H,4,6H2,1H3. The molecule has 0 atom stereocenters. The maximum absolute atomic E-state index is 13.0. The van der Waals surface area contributed by atoms with E-state index in [9.17, 15) is 22.4 Å². The summed E-state index contributed by atoms with van der Waals surface area (Å²) in [5, 5.41) is 0. The van der Waals surface area contributed by atoms with Gasteiger partial charge in [-0.2, -0.15) is 25.3 Å². The molecule has 3 aromatic carbocycles. The molecule has 0 spiro atoms. The van der Waals surface area contributed by atoms with Crippen LogP contribution in [0.2, 0.25) is 0 Å². The average molecular weight is 505 g/mol. The number of benzene rings is 3. The maximum atomic E-state index is 13.0. The Kier molecular flexibility index (Phi) is 10.3. The van der Waals surface area contributed by atoms with Crippen LogP contribution < -0.4 is 0 Å². The average Bonchev–Trinajstić information content (AvgIpc) is 2.82. The molecule has 4 nitrogen and oxygen atoms in total. The first-order valence-corrected chi connectivity index (χ1v) is 12.8. The van der Waals surface area contributed by atoms with Gasteiger partial charge < -0.3 is 0 Å². The van der Waals surface area contributed by atoms with Crippen LogP contribution in [0.1, 0.15) is 16.7 Å². The molecule has 3 rings (SSSR count). The van der Waals surface area contributed by atoms with E-state index in [2.05, 4.69) is 25.3 Å². The summed E-state index contributed by atoms with van der Waals surface area (Å²) in [5.41, 5.74) is 1.82. The number of halogens is 1. The molecule has 0 fully saturated rings. The fourth-order valence-electron chi connectivity index (χ4n) is 2.94. The number of rotatable bonds is 8. The van der Waals surface area contributed by atoms with Gasteiger partial charge >= 0.3 is 0 Å². The number of Topliss-reactive ketones (excluding diaryl/α,β-unsaturated/α-hetero) is 2. The monoisotopic (exact) mass is 504 g/mol. The highest BCUT2D eigenvalue weighted by Gasteiger charge is 2.21. The molecule has 0 bridgehead atoms. The lowest BCUT2D eigenvalue weighted by atomic mass is 10.1. The Hall–Kier alpha value is -2.42. The molecule has 0 aromatic heterocycles. The van der Waals surface area contributed by atoms with Crippen LogP contribution in [0.25, 0.3) is 0 Å². The van der Waals surface area contributed by atoms with Crippen molar-refractivity contribution in [3.05, 3.63) is 95.3 Å². The van der Waals surface area contributed by atoms with E-state index in [1.807, 2.05) is 0 Å². The van der Waals surface area contributed by atoms with E-state index in [1.165, 1.54) is 12.1 Å². The Morgan fingerprint density at radius 1 is 0.818 bits per heavy atom. The van der Waals surface area contributed by atoms with E-state index in [0.29, 0.717) is 16.7 Å². The number of aryl methyl sites for hydroxylation is 1. The van der Waals surface area contributed by atoms with Crippen molar-refractivity contribution in [3.63, 3.8) is 0 Å². The van der Waals surface area contributed by atoms with Crippen molar-refractivity contribution < 1.29 is 22.4 Å². The fraction of sp³-hybridized carbons (Fsp3) is 0.200. The molecule has 0 aliphatic carbocycles. The molecule has 0 radical (unpaired) electrons. The Morgan fingerprint density at radius 2 is 1.39 bits per heavy atom. The van der Waals surface area contributed by atoms with Crippen LogP contribution in [0.4, 0.5) is 4.39 Å². The highest BCUT2D eigenvalue weighted by Crippen LogP contribution is 2.24. The van der Waals surface area contributed by atoms with Gasteiger partial charge in [0.15, 0.2) is 0 Å². The maximum Gasteiger partial charge on any atom is 0.206 e. The number of thiol groups is 2. The quantitative estimate of drug-likeness (QED) is 0.435. The Morgan fingerprint density at radius 3 is 2.00 bits per heavy atom. The van der Waals surface area contributed by atoms with Crippen molar-refractivity contribution in [1.82, 2.24) is 0 Å². The lowest BCUT2D eigenvalue weighted by Crippen LogP contribution is -2.10. The van der Waals surface area contributed by atoms with E-state index < -0.39 is 9.84 Å². The molecule has 174 valence electrons. The molecule has 3 aromatic rings. The third-order valence-corrected chi connectivity index (χ3v) is 7.27. The topological polar surface area (TPSA) is 68.3 Å². The smallest absolute Gasteiger partial charge is 0.206 e. The predicted molar refractivity (Wildman–Crippen MR) is 135 cm³/mol. The second kappa shape index (κ2) is 12.7. The van der Waals surface area contributed by atoms with Gasteiger partial charge in [-0.3, -0.25) is 9.59 Å². The second-order valence-electron chi connectivity index (χ2n) is 7.25. The van der Waals surface area contributed by atoms with E-state index in [0.717, 1.165) is 0 Å². The zero-order valence-electron chi connectivity index (χ0n) is 18.1. The van der Waals surface area contributed by atoms with Crippen molar-refractivity contribution in [2.24, 2.45) is 0 Å². The van der Waals surface area contributed by atoms with E-state index in [-0.39, 0.29) is 51.5 Å². The summed E-state index contributed by atoms with van der Waals surface area (Å²) in [6.07, 6.45) is 0.340. The highest BCUT2D eigenvalue weighted by molar-refractivity contribution is 7.91. The van der Waals surface area contributed by atoms with Crippen LogP contribution in [0.3, 0.4) is 0 Å². The zero-order chi connectivity index (χ0) is 24.4. The molecule has 8 heteroatoms. The van der Waals surface area contributed by atoms with Gasteiger partial charge in [-0.15, -0.1) is 0 Å². The summed E-state index contributed by atoms with van der Waals surface area (Å²) < 4.78 is 38.2. The third kappa shape index (κ3) is 7.84. The number of sulfone groups is 1. The lowest BCUT2D eigenvalue weighted by Gasteiger charge is -2.09. The van der Waals surface area contributed by atoms with Gasteiger partial charge in [0, 0.05) is 24.3 Å². The first-order chi connectivity index (χ1) is 15.7. The van der Waals surface area contributed by atoms with Crippen molar-refractivity contribution >= 4 is 46.7 Å². The minimum Gasteiger partial charge on any atom is -0.298 e. The number of hydrogen-bond acceptors (Lipinski definition) is 6. The SMILES string of the molecule is Cc1ccc(CC(=O)CS)cc1F.O=C(CS)Cc1ccccc1S(=O)(=O)c1ccccc1. The number of hydrogen-bond donors (Lipinski definition) is 2. The summed E-state index contributed by atoms with van der Waals surface area (Å²) in [6, 6.07) is 19.6. The summed E-state index contributed by atoms with van der Waals surface area (Å²) in [7, 11) is -3.60. The van der Waals surface area contributed by atoms with Gasteiger partial charge in [0.1, 0.15) is 17.4 Å². The summed E-state index contributed by atoms with van der Waals surface area (Å²) in [5.74, 6) is -0.0602. The summed E-state index contributed by atoms with van der Waals surface area (Å²) >= 11 is 7.77. The predicted octanol–water partition coefficient (Wildman–Crippen LogP) is 4.74. The van der Waals surface area contributed by atoms with Crippen molar-refractivity contribution in [2.75, 3.05) is 11.5 Å². The minimum atomic E-state index is -3.60. The van der Waals surface area contributed by atoms with E-state index in [4.69, 9.17) is 0 Å². The number of carbonyl (C=O) groups is 2. The van der Waals surface area contributed by atoms with E-state index >= 15 is 0 Å². The summed E-state index contributed by atoms with van der Waals surface area (Å²) in [6.45, 7) is 1.69. The molecular formula is C25H25FO4S3. The van der Waals surface area contributed by atoms with Crippen LogP contribution >= 0.6 is 25.3 Å². The minimum absolute atomic E-state index is 0.00610. The molecule has 0 saturated heterocycles. The van der Waals surface area contributed by atoms with Gasteiger partial charge in [-0.25, -0.2) is 12.8 Å². The van der Waals surface area contributed by atoms with Crippen molar-refractivity contribution in [1.29, 1.82) is 0 Å². The Labute approximate surface area is 205 Å². The Balaban J connectivity index is 0.000000257. The first kappa shape index (κ1) is 26.8. The highest BCUT2D eigenvalue weighted by atomic mass is 32.2. The lowest BCUT2D eigenvalue weighted by molar-refractivity contribution is -0.116. The van der Waals surface area contributed by atoms with Gasteiger partial charge in [-0.05, 0) is 47.9 Å². The molecule has 0 amide bonds. The van der Waals surface area contributed by atoms with Crippen LogP contribution in [-0.2, 0) is 32.3 Å². The van der Waals surface area contributed by atoms with Crippen LogP contribution in [0, 0.1) is 12.7 Å². The molecule has 0 heterocycles. The largest absolute Gasteiger partial charge is 0.298 e. The van der Waals surface area contributed by atoms with Gasteiger partial charge in [0.2, 0.25) is 9.84 Å². The van der Waals surface area contributed by atoms with Crippen LogP contribution in [0.15, 0.2) is 82.6 Å². The molecule has 0 N–H and O–H groups in total. The van der Waals surface area contributed by atoms with Crippen LogP contribution in [0.5, 0.6) is 0 Å². The number of ketones is 2. The van der Waals surface area contributed by atoms with Gasteiger partial charge in [0.25, 0.3) is 0 Å². The normalized spacial score (nSPS) is 10.8. The molecular weight excluding hydrogens is 479 g/mol. The van der Waals surface area contributed by atoms with E-state index in [1.54, 1.807) is 67.6 Å². The van der Waals surface area contributed by atoms with Gasteiger partial charge in [0.05, 0.1) is 9.79 Å². The molecule has 0 aliphatic rings. The molecule has 0 unspecified atom stereocenters. The zero-order valence-corrected chi connectivity index (χ0v) is 20.7. The second-order valence-corrected chi connectivity index (χ2v) is 9.81. The van der Waals surface area contributed by atoms with Crippen LogP contribution in [-0.4, -0.2) is 31.5 Å². The fourth-order valence-corrected chi connectivity index (χ4v) is 4.67. The molecule has 0 aliphatic heterocycles.